The van der Waals surface area contributed by atoms with E-state index in [0.29, 0.717) is 5.92 Å². The zero-order valence-electron chi connectivity index (χ0n) is 22.0. The van der Waals surface area contributed by atoms with Gasteiger partial charge in [-0.3, -0.25) is 0 Å². The van der Waals surface area contributed by atoms with Crippen LogP contribution in [0.15, 0.2) is 66.9 Å². The topological polar surface area (TPSA) is 8.81 Å². The van der Waals surface area contributed by atoms with Crippen molar-refractivity contribution in [1.29, 1.82) is 0 Å². The van der Waals surface area contributed by atoms with Crippen molar-refractivity contribution >= 4 is 0 Å². The average molecular weight is 460 g/mol. The Kier molecular flexibility index (Phi) is 11.4. The van der Waals surface area contributed by atoms with Crippen LogP contribution in [0.5, 0.6) is 0 Å². The molecule has 0 N–H and O–H groups in total. The normalized spacial score (nSPS) is 12.2. The Morgan fingerprint density at radius 1 is 0.735 bits per heavy atom. The van der Waals surface area contributed by atoms with Gasteiger partial charge < -0.3 is 0 Å². The molecule has 0 aliphatic heterocycles. The monoisotopic (exact) mass is 459 g/mol. The van der Waals surface area contributed by atoms with Crippen LogP contribution in [0, 0.1) is 0 Å². The van der Waals surface area contributed by atoms with E-state index >= 15 is 0 Å². The number of imidazole rings is 1. The van der Waals surface area contributed by atoms with Gasteiger partial charge >= 0.3 is 0 Å². The van der Waals surface area contributed by atoms with Crippen LogP contribution >= 0.6 is 0 Å². The first-order valence-electron chi connectivity index (χ1n) is 13.9. The fourth-order valence-corrected chi connectivity index (χ4v) is 5.02. The minimum Gasteiger partial charge on any atom is -0.234 e. The summed E-state index contributed by atoms with van der Waals surface area (Å²) in [6.45, 7) is 9.24. The van der Waals surface area contributed by atoms with E-state index in [0.717, 1.165) is 25.9 Å². The maximum Gasteiger partial charge on any atom is 0.261 e. The third kappa shape index (κ3) is 8.15. The summed E-state index contributed by atoms with van der Waals surface area (Å²) >= 11 is 0. The molecule has 0 fully saturated rings. The van der Waals surface area contributed by atoms with E-state index < -0.39 is 0 Å². The number of hydrogen-bond donors (Lipinski definition) is 0. The van der Waals surface area contributed by atoms with Crippen LogP contribution in [0.25, 0.3) is 0 Å². The summed E-state index contributed by atoms with van der Waals surface area (Å²) in [5, 5.41) is 0. The largest absolute Gasteiger partial charge is 0.261 e. The second-order valence-corrected chi connectivity index (χ2v) is 10.0. The summed E-state index contributed by atoms with van der Waals surface area (Å²) in [7, 11) is 0. The van der Waals surface area contributed by atoms with Gasteiger partial charge in [-0.2, -0.15) is 0 Å². The van der Waals surface area contributed by atoms with Crippen molar-refractivity contribution in [2.75, 3.05) is 0 Å². The van der Waals surface area contributed by atoms with Crippen molar-refractivity contribution in [3.63, 3.8) is 0 Å². The second kappa shape index (κ2) is 14.8. The molecule has 3 aromatic rings. The molecule has 0 amide bonds. The second-order valence-electron chi connectivity index (χ2n) is 10.0. The molecule has 0 spiro atoms. The summed E-state index contributed by atoms with van der Waals surface area (Å²) < 4.78 is 5.26. The predicted octanol–water partition coefficient (Wildman–Crippen LogP) is 8.26. The minimum atomic E-state index is 0.521. The molecule has 2 heteroatoms. The van der Waals surface area contributed by atoms with Crippen LogP contribution in [-0.4, -0.2) is 4.57 Å². The number of aromatic nitrogens is 2. The van der Waals surface area contributed by atoms with E-state index in [1.165, 1.54) is 80.4 Å². The lowest BCUT2D eigenvalue weighted by Crippen LogP contribution is -2.41. The molecule has 0 aliphatic rings. The van der Waals surface area contributed by atoms with E-state index in [1.54, 1.807) is 0 Å². The molecule has 0 saturated heterocycles. The van der Waals surface area contributed by atoms with Crippen molar-refractivity contribution in [2.24, 2.45) is 0 Å². The lowest BCUT2D eigenvalue weighted by atomic mass is 9.96. The van der Waals surface area contributed by atoms with Gasteiger partial charge in [0.05, 0.1) is 19.5 Å². The summed E-state index contributed by atoms with van der Waals surface area (Å²) in [5.74, 6) is 2.01. The Morgan fingerprint density at radius 2 is 1.35 bits per heavy atom. The van der Waals surface area contributed by atoms with Crippen LogP contribution in [-0.2, 0) is 25.9 Å². The Morgan fingerprint density at radius 3 is 2.03 bits per heavy atom. The van der Waals surface area contributed by atoms with Gasteiger partial charge in [-0.05, 0) is 36.3 Å². The molecule has 0 radical (unpaired) electrons. The van der Waals surface area contributed by atoms with E-state index in [-0.39, 0.29) is 0 Å². The molecule has 1 unspecified atom stereocenters. The number of rotatable bonds is 16. The third-order valence-electron chi connectivity index (χ3n) is 7.12. The molecule has 3 rings (SSSR count). The Hall–Kier alpha value is -2.35. The van der Waals surface area contributed by atoms with Gasteiger partial charge in [-0.1, -0.05) is 120 Å². The van der Waals surface area contributed by atoms with Gasteiger partial charge in [-0.15, -0.1) is 0 Å². The summed E-state index contributed by atoms with van der Waals surface area (Å²) in [6.07, 6.45) is 16.6. The van der Waals surface area contributed by atoms with Crippen LogP contribution in [0.3, 0.4) is 0 Å². The molecule has 184 valence electrons. The summed E-state index contributed by atoms with van der Waals surface area (Å²) in [6, 6.07) is 22.0. The lowest BCUT2D eigenvalue weighted by Gasteiger charge is -2.11. The van der Waals surface area contributed by atoms with E-state index in [9.17, 15) is 0 Å². The fraction of sp³-hybridized carbons (Fsp3) is 0.531. The van der Waals surface area contributed by atoms with Crippen LogP contribution in [0.2, 0.25) is 0 Å². The molecular weight excluding hydrogens is 412 g/mol. The van der Waals surface area contributed by atoms with Crippen molar-refractivity contribution in [1.82, 2.24) is 4.57 Å². The zero-order chi connectivity index (χ0) is 24.0. The Labute approximate surface area is 209 Å². The van der Waals surface area contributed by atoms with Crippen molar-refractivity contribution in [2.45, 2.75) is 110 Å². The van der Waals surface area contributed by atoms with E-state index in [2.05, 4.69) is 96.8 Å². The van der Waals surface area contributed by atoms with Crippen LogP contribution in [0.1, 0.15) is 107 Å². The predicted molar refractivity (Wildman–Crippen MR) is 145 cm³/mol. The molecule has 2 nitrogen and oxygen atoms in total. The summed E-state index contributed by atoms with van der Waals surface area (Å²) in [4.78, 5) is 0. The summed E-state index contributed by atoms with van der Waals surface area (Å²) in [5.41, 5.74) is 4.35. The highest BCUT2D eigenvalue weighted by atomic mass is 15.2. The van der Waals surface area contributed by atoms with E-state index in [4.69, 9.17) is 0 Å². The molecule has 34 heavy (non-hydrogen) atoms. The Bertz CT molecular complexity index is 926. The van der Waals surface area contributed by atoms with Gasteiger partial charge in [-0.25, -0.2) is 9.13 Å². The molecule has 1 aromatic heterocycles. The SMILES string of the molecule is CCCCCCCCCn1cc(CC(C)c2ccccc2)[n+](CCCC)c1Cc1ccccc1. The lowest BCUT2D eigenvalue weighted by molar-refractivity contribution is -0.710. The van der Waals surface area contributed by atoms with Crippen molar-refractivity contribution in [3.05, 3.63) is 89.5 Å². The number of hydrogen-bond acceptors (Lipinski definition) is 0. The molecule has 0 bridgehead atoms. The maximum atomic E-state index is 2.66. The number of unbranched alkanes of at least 4 members (excludes halogenated alkanes) is 7. The molecule has 0 saturated carbocycles. The quantitative estimate of drug-likeness (QED) is 0.151. The maximum absolute atomic E-state index is 2.66. The molecule has 1 heterocycles. The zero-order valence-corrected chi connectivity index (χ0v) is 22.0. The van der Waals surface area contributed by atoms with Gasteiger partial charge in [0.1, 0.15) is 11.9 Å². The molecule has 2 aromatic carbocycles. The first-order valence-corrected chi connectivity index (χ1v) is 13.9. The van der Waals surface area contributed by atoms with Gasteiger partial charge in [0.15, 0.2) is 0 Å². The van der Waals surface area contributed by atoms with Gasteiger partial charge in [0, 0.05) is 6.42 Å². The fourth-order valence-electron chi connectivity index (χ4n) is 5.02. The number of aryl methyl sites for hydroxylation is 1. The third-order valence-corrected chi connectivity index (χ3v) is 7.12. The van der Waals surface area contributed by atoms with Crippen molar-refractivity contribution in [3.8, 4) is 0 Å². The minimum absolute atomic E-state index is 0.521. The highest BCUT2D eigenvalue weighted by Gasteiger charge is 2.24. The van der Waals surface area contributed by atoms with Gasteiger partial charge in [0.25, 0.3) is 5.82 Å². The smallest absolute Gasteiger partial charge is 0.234 e. The molecular formula is C32H47N2+. The molecule has 0 aliphatic carbocycles. The van der Waals surface area contributed by atoms with Crippen LogP contribution < -0.4 is 4.57 Å². The van der Waals surface area contributed by atoms with Gasteiger partial charge in [0.2, 0.25) is 0 Å². The molecule has 1 atom stereocenters. The van der Waals surface area contributed by atoms with Crippen molar-refractivity contribution < 1.29 is 4.57 Å². The number of benzene rings is 2. The Balaban J connectivity index is 1.80. The van der Waals surface area contributed by atoms with Crippen LogP contribution in [0.4, 0.5) is 0 Å². The van der Waals surface area contributed by atoms with E-state index in [1.807, 2.05) is 0 Å². The highest BCUT2D eigenvalue weighted by Crippen LogP contribution is 2.21. The first kappa shape index (κ1) is 26.3. The first-order chi connectivity index (χ1) is 16.7. The standard InChI is InChI=1S/C32H47N2/c1-4-6-8-9-10-11-18-23-33-27-31(25-28(3)30-21-16-13-17-22-30)34(24-7-5-2)32(33)26-29-19-14-12-15-20-29/h12-17,19-22,27-28H,4-11,18,23-26H2,1-3H3/q+1. The average Bonchev–Trinajstić information content (AvgIpc) is 3.18. The highest BCUT2D eigenvalue weighted by molar-refractivity contribution is 5.21. The number of nitrogens with zero attached hydrogens (tertiary/aromatic N) is 2.